The van der Waals surface area contributed by atoms with Crippen molar-refractivity contribution in [3.8, 4) is 0 Å². The van der Waals surface area contributed by atoms with Crippen LogP contribution in [-0.4, -0.2) is 36.7 Å². The van der Waals surface area contributed by atoms with Crippen molar-refractivity contribution in [2.75, 3.05) is 0 Å². The zero-order valence-electron chi connectivity index (χ0n) is 11.7. The Morgan fingerprint density at radius 2 is 2.19 bits per heavy atom. The van der Waals surface area contributed by atoms with E-state index in [1.807, 2.05) is 32.0 Å². The Balaban J connectivity index is 2.35. The van der Waals surface area contributed by atoms with Crippen molar-refractivity contribution >= 4 is 21.9 Å². The first kappa shape index (κ1) is 15.6. The molecule has 2 heterocycles. The average molecular weight is 354 g/mol. The highest BCUT2D eigenvalue weighted by molar-refractivity contribution is 9.10. The van der Waals surface area contributed by atoms with Gasteiger partial charge in [-0.05, 0) is 34.0 Å². The second kappa shape index (κ2) is 6.75. The van der Waals surface area contributed by atoms with Crippen LogP contribution in [0.25, 0.3) is 0 Å². The highest BCUT2D eigenvalue weighted by Crippen LogP contribution is 2.31. The van der Waals surface area contributed by atoms with Gasteiger partial charge in [0.2, 0.25) is 0 Å². The number of rotatable bonds is 6. The number of halogens is 1. The molecule has 0 aliphatic rings. The summed E-state index contributed by atoms with van der Waals surface area (Å²) in [4.78, 5) is 16.0. The van der Waals surface area contributed by atoms with Gasteiger partial charge in [0.15, 0.2) is 5.82 Å². The standard InChI is InChI=1S/C13H16BrN5O2/c1-7(2)11(13(20)21)9(12-16-18-19-17-12)6-8-4-3-5-10(14)15-8/h3-5,7,9,11H,6H2,1-2H3,(H,20,21)(H,16,17,18,19). The first-order chi connectivity index (χ1) is 9.99. The van der Waals surface area contributed by atoms with E-state index in [1.165, 1.54) is 0 Å². The smallest absolute Gasteiger partial charge is 0.307 e. The third-order valence-corrected chi connectivity index (χ3v) is 3.77. The summed E-state index contributed by atoms with van der Waals surface area (Å²) in [5, 5.41) is 23.4. The molecule has 112 valence electrons. The van der Waals surface area contributed by atoms with Crippen LogP contribution in [0.1, 0.15) is 31.3 Å². The number of aliphatic carboxylic acids is 1. The summed E-state index contributed by atoms with van der Waals surface area (Å²) in [6, 6.07) is 5.55. The molecule has 2 N–H and O–H groups in total. The van der Waals surface area contributed by atoms with E-state index in [4.69, 9.17) is 0 Å². The minimum Gasteiger partial charge on any atom is -0.481 e. The van der Waals surface area contributed by atoms with Gasteiger partial charge in [0, 0.05) is 18.0 Å². The van der Waals surface area contributed by atoms with Crippen LogP contribution in [-0.2, 0) is 11.2 Å². The predicted molar refractivity (Wildman–Crippen MR) is 78.5 cm³/mol. The maximum Gasteiger partial charge on any atom is 0.307 e. The Labute approximate surface area is 130 Å². The quantitative estimate of drug-likeness (QED) is 0.770. The van der Waals surface area contributed by atoms with E-state index in [-0.39, 0.29) is 11.8 Å². The summed E-state index contributed by atoms with van der Waals surface area (Å²) in [6.07, 6.45) is 0.439. The second-order valence-corrected chi connectivity index (χ2v) is 5.95. The predicted octanol–water partition coefficient (Wildman–Crippen LogP) is 2.04. The Hall–Kier alpha value is -1.83. The maximum absolute atomic E-state index is 11.6. The molecule has 21 heavy (non-hydrogen) atoms. The molecule has 0 bridgehead atoms. The van der Waals surface area contributed by atoms with E-state index < -0.39 is 11.9 Å². The van der Waals surface area contributed by atoms with Crippen molar-refractivity contribution in [2.45, 2.75) is 26.2 Å². The lowest BCUT2D eigenvalue weighted by Gasteiger charge is -2.24. The monoisotopic (exact) mass is 353 g/mol. The van der Waals surface area contributed by atoms with Crippen molar-refractivity contribution in [1.82, 2.24) is 25.6 Å². The van der Waals surface area contributed by atoms with Crippen LogP contribution in [0.4, 0.5) is 0 Å². The van der Waals surface area contributed by atoms with Crippen molar-refractivity contribution in [2.24, 2.45) is 11.8 Å². The number of carbonyl (C=O) groups is 1. The number of aromatic amines is 1. The van der Waals surface area contributed by atoms with Gasteiger partial charge >= 0.3 is 5.97 Å². The molecular formula is C13H16BrN5O2. The molecule has 2 aromatic rings. The van der Waals surface area contributed by atoms with Crippen LogP contribution in [0.15, 0.2) is 22.8 Å². The Kier molecular flexibility index (Phi) is 5.00. The lowest BCUT2D eigenvalue weighted by Crippen LogP contribution is -2.29. The van der Waals surface area contributed by atoms with Crippen LogP contribution < -0.4 is 0 Å². The van der Waals surface area contributed by atoms with E-state index in [0.717, 1.165) is 5.69 Å². The first-order valence-corrected chi connectivity index (χ1v) is 7.36. The zero-order valence-corrected chi connectivity index (χ0v) is 13.3. The van der Waals surface area contributed by atoms with Gasteiger partial charge in [-0.25, -0.2) is 4.98 Å². The second-order valence-electron chi connectivity index (χ2n) is 5.14. The molecule has 2 unspecified atom stereocenters. The number of hydrogen-bond acceptors (Lipinski definition) is 5. The van der Waals surface area contributed by atoms with E-state index in [9.17, 15) is 9.90 Å². The summed E-state index contributed by atoms with van der Waals surface area (Å²) in [5.41, 5.74) is 0.783. The van der Waals surface area contributed by atoms with Gasteiger partial charge in [-0.2, -0.15) is 5.21 Å². The van der Waals surface area contributed by atoms with Crippen molar-refractivity contribution in [3.05, 3.63) is 34.3 Å². The highest BCUT2D eigenvalue weighted by Gasteiger charge is 2.35. The van der Waals surface area contributed by atoms with Gasteiger partial charge in [-0.15, -0.1) is 10.2 Å². The van der Waals surface area contributed by atoms with Crippen LogP contribution >= 0.6 is 15.9 Å². The first-order valence-electron chi connectivity index (χ1n) is 6.56. The molecule has 2 aromatic heterocycles. The molecule has 0 radical (unpaired) electrons. The molecule has 0 aliphatic heterocycles. The number of nitrogens with one attached hydrogen (secondary N) is 1. The maximum atomic E-state index is 11.6. The van der Waals surface area contributed by atoms with Crippen molar-refractivity contribution < 1.29 is 9.90 Å². The fourth-order valence-electron chi connectivity index (χ4n) is 2.42. The third kappa shape index (κ3) is 3.84. The molecule has 0 aromatic carbocycles. The molecule has 0 spiro atoms. The SMILES string of the molecule is CC(C)C(C(=O)O)C(Cc1cccc(Br)n1)c1nn[nH]n1. The summed E-state index contributed by atoms with van der Waals surface area (Å²) >= 11 is 3.32. The molecule has 0 saturated heterocycles. The number of tetrazole rings is 1. The van der Waals surface area contributed by atoms with Gasteiger partial charge in [0.05, 0.1) is 5.92 Å². The third-order valence-electron chi connectivity index (χ3n) is 3.33. The number of pyridine rings is 1. The molecule has 7 nitrogen and oxygen atoms in total. The largest absolute Gasteiger partial charge is 0.481 e. The van der Waals surface area contributed by atoms with Gasteiger partial charge in [-0.3, -0.25) is 4.79 Å². The average Bonchev–Trinajstić information content (AvgIpc) is 2.90. The Morgan fingerprint density at radius 3 is 2.71 bits per heavy atom. The van der Waals surface area contributed by atoms with Gasteiger partial charge < -0.3 is 5.11 Å². The van der Waals surface area contributed by atoms with E-state index >= 15 is 0 Å². The summed E-state index contributed by atoms with van der Waals surface area (Å²) in [5.74, 6) is -1.52. The minimum atomic E-state index is -0.866. The van der Waals surface area contributed by atoms with Gasteiger partial charge in [0.25, 0.3) is 0 Å². The van der Waals surface area contributed by atoms with Crippen molar-refractivity contribution in [1.29, 1.82) is 0 Å². The summed E-state index contributed by atoms with van der Waals surface area (Å²) in [7, 11) is 0. The lowest BCUT2D eigenvalue weighted by molar-refractivity contribution is -0.144. The molecule has 2 rings (SSSR count). The molecule has 0 aliphatic carbocycles. The highest BCUT2D eigenvalue weighted by atomic mass is 79.9. The van der Waals surface area contributed by atoms with Gasteiger partial charge in [-0.1, -0.05) is 25.1 Å². The van der Waals surface area contributed by atoms with E-state index in [1.54, 1.807) is 0 Å². The fourth-order valence-corrected chi connectivity index (χ4v) is 2.80. The van der Waals surface area contributed by atoms with E-state index in [0.29, 0.717) is 16.8 Å². The number of H-pyrrole nitrogens is 1. The Bertz CT molecular complexity index is 602. The number of hydrogen-bond donors (Lipinski definition) is 2. The van der Waals surface area contributed by atoms with E-state index in [2.05, 4.69) is 41.5 Å². The fraction of sp³-hybridized carbons (Fsp3) is 0.462. The normalized spacial score (nSPS) is 14.1. The Morgan fingerprint density at radius 1 is 1.43 bits per heavy atom. The minimum absolute atomic E-state index is 0.0573. The van der Waals surface area contributed by atoms with Crippen LogP contribution in [0.5, 0.6) is 0 Å². The van der Waals surface area contributed by atoms with Crippen LogP contribution in [0, 0.1) is 11.8 Å². The number of nitrogens with zero attached hydrogens (tertiary/aromatic N) is 4. The van der Waals surface area contributed by atoms with Crippen LogP contribution in [0.3, 0.4) is 0 Å². The molecule has 8 heteroatoms. The number of carboxylic acids is 1. The molecule has 0 fully saturated rings. The molecule has 2 atom stereocenters. The lowest BCUT2D eigenvalue weighted by atomic mass is 9.80. The number of aromatic nitrogens is 5. The van der Waals surface area contributed by atoms with Gasteiger partial charge in [0.1, 0.15) is 4.60 Å². The molecule has 0 amide bonds. The molecular weight excluding hydrogens is 338 g/mol. The number of carboxylic acid groups (broad SMARTS) is 1. The van der Waals surface area contributed by atoms with Crippen molar-refractivity contribution in [3.63, 3.8) is 0 Å². The summed E-state index contributed by atoms with van der Waals surface area (Å²) in [6.45, 7) is 3.75. The topological polar surface area (TPSA) is 105 Å². The zero-order chi connectivity index (χ0) is 15.4. The van der Waals surface area contributed by atoms with Crippen LogP contribution in [0.2, 0.25) is 0 Å². The summed E-state index contributed by atoms with van der Waals surface area (Å²) < 4.78 is 0.711. The molecule has 0 saturated carbocycles.